The molecule has 2 heterocycles. The van der Waals surface area contributed by atoms with Gasteiger partial charge in [0.05, 0.1) is 33.2 Å². The first-order valence-electron chi connectivity index (χ1n) is 8.26. The third-order valence-electron chi connectivity index (χ3n) is 4.32. The molecule has 1 aromatic carbocycles. The maximum Gasteiger partial charge on any atom is 0.255 e. The number of aromatic nitrogens is 1. The van der Waals surface area contributed by atoms with Crippen LogP contribution in [0, 0.1) is 0 Å². The van der Waals surface area contributed by atoms with E-state index in [2.05, 4.69) is 22.1 Å². The van der Waals surface area contributed by atoms with Gasteiger partial charge in [-0.15, -0.1) is 0 Å². The molecule has 1 saturated heterocycles. The highest BCUT2D eigenvalue weighted by molar-refractivity contribution is 6.43. The minimum absolute atomic E-state index is 0.00379. The Kier molecular flexibility index (Phi) is 5.78. The van der Waals surface area contributed by atoms with E-state index in [0.717, 1.165) is 32.7 Å². The molecule has 2 aromatic rings. The number of pyridine rings is 1. The number of anilines is 2. The van der Waals surface area contributed by atoms with Gasteiger partial charge in [-0.25, -0.2) is 0 Å². The fourth-order valence-corrected chi connectivity index (χ4v) is 3.18. The average molecular weight is 379 g/mol. The van der Waals surface area contributed by atoms with E-state index in [4.69, 9.17) is 23.2 Å². The van der Waals surface area contributed by atoms with Crippen molar-refractivity contribution < 1.29 is 4.79 Å². The van der Waals surface area contributed by atoms with E-state index in [1.165, 1.54) is 0 Å². The second-order valence-electron chi connectivity index (χ2n) is 5.92. The first kappa shape index (κ1) is 18.0. The van der Waals surface area contributed by atoms with Crippen molar-refractivity contribution in [1.29, 1.82) is 0 Å². The van der Waals surface area contributed by atoms with Gasteiger partial charge in [-0.3, -0.25) is 9.78 Å². The SMILES string of the molecule is CCN1CCN(C(=O)c2cncc(Nc3cccc(Cl)c3Cl)c2)CC1. The van der Waals surface area contributed by atoms with Crippen molar-refractivity contribution in [2.45, 2.75) is 6.92 Å². The minimum atomic E-state index is 0.00379. The molecule has 0 bridgehead atoms. The van der Waals surface area contributed by atoms with Gasteiger partial charge in [0.15, 0.2) is 0 Å². The molecule has 1 fully saturated rings. The monoisotopic (exact) mass is 378 g/mol. The van der Waals surface area contributed by atoms with Gasteiger partial charge >= 0.3 is 0 Å². The van der Waals surface area contributed by atoms with Crippen LogP contribution < -0.4 is 5.32 Å². The summed E-state index contributed by atoms with van der Waals surface area (Å²) in [5, 5.41) is 4.08. The van der Waals surface area contributed by atoms with Crippen LogP contribution in [-0.2, 0) is 0 Å². The summed E-state index contributed by atoms with van der Waals surface area (Å²) in [4.78, 5) is 21.1. The first-order chi connectivity index (χ1) is 12.1. The Bertz CT molecular complexity index is 760. The molecular formula is C18H20Cl2N4O. The molecular weight excluding hydrogens is 359 g/mol. The minimum Gasteiger partial charge on any atom is -0.353 e. The number of nitrogens with zero attached hydrogens (tertiary/aromatic N) is 3. The number of hydrogen-bond donors (Lipinski definition) is 1. The molecule has 1 N–H and O–H groups in total. The number of carbonyl (C=O) groups excluding carboxylic acids is 1. The number of piperazine rings is 1. The van der Waals surface area contributed by atoms with E-state index >= 15 is 0 Å². The Hall–Kier alpha value is -1.82. The van der Waals surface area contributed by atoms with Crippen LogP contribution in [0.15, 0.2) is 36.7 Å². The second kappa shape index (κ2) is 8.04. The Labute approximate surface area is 157 Å². The summed E-state index contributed by atoms with van der Waals surface area (Å²) in [7, 11) is 0. The van der Waals surface area contributed by atoms with Crippen LogP contribution in [0.2, 0.25) is 10.0 Å². The van der Waals surface area contributed by atoms with Gasteiger partial charge in [0.1, 0.15) is 0 Å². The van der Waals surface area contributed by atoms with Crippen LogP contribution in [0.4, 0.5) is 11.4 Å². The fraction of sp³-hybridized carbons (Fsp3) is 0.333. The molecule has 7 heteroatoms. The lowest BCUT2D eigenvalue weighted by Gasteiger charge is -2.34. The highest BCUT2D eigenvalue weighted by Gasteiger charge is 2.21. The molecule has 0 aliphatic carbocycles. The summed E-state index contributed by atoms with van der Waals surface area (Å²) < 4.78 is 0. The van der Waals surface area contributed by atoms with Crippen molar-refractivity contribution in [3.8, 4) is 0 Å². The molecule has 1 aliphatic heterocycles. The van der Waals surface area contributed by atoms with Crippen LogP contribution in [0.1, 0.15) is 17.3 Å². The molecule has 3 rings (SSSR count). The van der Waals surface area contributed by atoms with E-state index in [1.54, 1.807) is 24.5 Å². The van der Waals surface area contributed by atoms with Gasteiger partial charge in [-0.1, -0.05) is 36.2 Å². The van der Waals surface area contributed by atoms with Crippen molar-refractivity contribution in [3.63, 3.8) is 0 Å². The predicted octanol–water partition coefficient (Wildman–Crippen LogP) is 3.91. The highest BCUT2D eigenvalue weighted by atomic mass is 35.5. The van der Waals surface area contributed by atoms with Crippen molar-refractivity contribution >= 4 is 40.5 Å². The number of halogens is 2. The number of amides is 1. The number of benzene rings is 1. The molecule has 1 amide bonds. The van der Waals surface area contributed by atoms with E-state index in [0.29, 0.717) is 27.0 Å². The van der Waals surface area contributed by atoms with Gasteiger partial charge in [0.25, 0.3) is 5.91 Å². The van der Waals surface area contributed by atoms with E-state index in [1.807, 2.05) is 17.0 Å². The molecule has 0 spiro atoms. The third kappa shape index (κ3) is 4.24. The largest absolute Gasteiger partial charge is 0.353 e. The van der Waals surface area contributed by atoms with E-state index in [-0.39, 0.29) is 5.91 Å². The Balaban J connectivity index is 1.73. The summed E-state index contributed by atoms with van der Waals surface area (Å²) in [6, 6.07) is 7.15. The zero-order valence-electron chi connectivity index (χ0n) is 14.0. The zero-order chi connectivity index (χ0) is 17.8. The highest BCUT2D eigenvalue weighted by Crippen LogP contribution is 2.31. The van der Waals surface area contributed by atoms with Gasteiger partial charge in [0, 0.05) is 32.4 Å². The maximum absolute atomic E-state index is 12.7. The van der Waals surface area contributed by atoms with Crippen LogP contribution >= 0.6 is 23.2 Å². The normalized spacial score (nSPS) is 15.2. The van der Waals surface area contributed by atoms with Gasteiger partial charge in [-0.2, -0.15) is 0 Å². The molecule has 0 atom stereocenters. The van der Waals surface area contributed by atoms with Gasteiger partial charge in [0.2, 0.25) is 0 Å². The van der Waals surface area contributed by atoms with Crippen molar-refractivity contribution in [2.24, 2.45) is 0 Å². The molecule has 1 aliphatic rings. The lowest BCUT2D eigenvalue weighted by atomic mass is 10.2. The third-order valence-corrected chi connectivity index (χ3v) is 5.14. The number of likely N-dealkylation sites (N-methyl/N-ethyl adjacent to an activating group) is 1. The van der Waals surface area contributed by atoms with E-state index < -0.39 is 0 Å². The van der Waals surface area contributed by atoms with Gasteiger partial charge in [-0.05, 0) is 24.7 Å². The maximum atomic E-state index is 12.7. The number of hydrogen-bond acceptors (Lipinski definition) is 4. The summed E-state index contributed by atoms with van der Waals surface area (Å²) in [6.45, 7) is 6.45. The van der Waals surface area contributed by atoms with Crippen LogP contribution in [0.5, 0.6) is 0 Å². The average Bonchev–Trinajstić information content (AvgIpc) is 2.65. The Morgan fingerprint density at radius 2 is 1.96 bits per heavy atom. The van der Waals surface area contributed by atoms with Crippen molar-refractivity contribution in [1.82, 2.24) is 14.8 Å². The second-order valence-corrected chi connectivity index (χ2v) is 6.70. The Morgan fingerprint density at radius 3 is 2.68 bits per heavy atom. The molecule has 0 radical (unpaired) electrons. The quantitative estimate of drug-likeness (QED) is 0.875. The molecule has 5 nitrogen and oxygen atoms in total. The molecule has 132 valence electrons. The summed E-state index contributed by atoms with van der Waals surface area (Å²) in [6.07, 6.45) is 3.25. The van der Waals surface area contributed by atoms with Gasteiger partial charge < -0.3 is 15.1 Å². The smallest absolute Gasteiger partial charge is 0.255 e. The fourth-order valence-electron chi connectivity index (χ4n) is 2.83. The van der Waals surface area contributed by atoms with Crippen molar-refractivity contribution in [2.75, 3.05) is 38.0 Å². The topological polar surface area (TPSA) is 48.5 Å². The van der Waals surface area contributed by atoms with E-state index in [9.17, 15) is 4.79 Å². The molecule has 0 unspecified atom stereocenters. The number of nitrogens with one attached hydrogen (secondary N) is 1. The molecule has 0 saturated carbocycles. The van der Waals surface area contributed by atoms with Crippen LogP contribution in [0.25, 0.3) is 0 Å². The van der Waals surface area contributed by atoms with Crippen LogP contribution in [-0.4, -0.2) is 53.4 Å². The summed E-state index contributed by atoms with van der Waals surface area (Å²) >= 11 is 12.2. The standard InChI is InChI=1S/C18H20Cl2N4O/c1-2-23-6-8-24(9-7-23)18(25)13-10-14(12-21-11-13)22-16-5-3-4-15(19)17(16)20/h3-5,10-12,22H,2,6-9H2,1H3. The lowest BCUT2D eigenvalue weighted by molar-refractivity contribution is 0.0643. The molecule has 25 heavy (non-hydrogen) atoms. The summed E-state index contributed by atoms with van der Waals surface area (Å²) in [5.41, 5.74) is 1.94. The van der Waals surface area contributed by atoms with Crippen LogP contribution in [0.3, 0.4) is 0 Å². The molecule has 1 aromatic heterocycles. The predicted molar refractivity (Wildman–Crippen MR) is 102 cm³/mol. The summed E-state index contributed by atoms with van der Waals surface area (Å²) in [5.74, 6) is 0.00379. The zero-order valence-corrected chi connectivity index (χ0v) is 15.5. The first-order valence-corrected chi connectivity index (χ1v) is 9.01. The lowest BCUT2D eigenvalue weighted by Crippen LogP contribution is -2.48. The number of rotatable bonds is 4. The van der Waals surface area contributed by atoms with Crippen molar-refractivity contribution in [3.05, 3.63) is 52.3 Å². The Morgan fingerprint density at radius 1 is 1.20 bits per heavy atom. The number of carbonyl (C=O) groups is 1.